The summed E-state index contributed by atoms with van der Waals surface area (Å²) in [5.41, 5.74) is -0.665. The Balaban J connectivity index is 1.78. The number of amides is 1. The Morgan fingerprint density at radius 1 is 1.15 bits per heavy atom. The number of likely N-dealkylation sites (N-methyl/N-ethyl adjacent to an activating group) is 1. The van der Waals surface area contributed by atoms with Crippen molar-refractivity contribution in [2.24, 2.45) is 0 Å². The molecule has 26 heavy (non-hydrogen) atoms. The molecule has 0 aliphatic heterocycles. The number of hydrogen-bond donors (Lipinski definition) is 1. The van der Waals surface area contributed by atoms with Crippen LogP contribution in [0.2, 0.25) is 0 Å². The first-order valence-electron chi connectivity index (χ1n) is 7.36. The zero-order valence-electron chi connectivity index (χ0n) is 13.7. The highest BCUT2D eigenvalue weighted by atomic mass is 19.4. The zero-order valence-corrected chi connectivity index (χ0v) is 13.7. The Bertz CT molecular complexity index is 752. The van der Waals surface area contributed by atoms with Crippen molar-refractivity contribution in [3.8, 4) is 0 Å². The summed E-state index contributed by atoms with van der Waals surface area (Å²) >= 11 is 0. The van der Waals surface area contributed by atoms with Crippen LogP contribution < -0.4 is 10.2 Å². The average molecular weight is 368 g/mol. The summed E-state index contributed by atoms with van der Waals surface area (Å²) in [6.45, 7) is -0.735. The molecule has 0 aliphatic carbocycles. The van der Waals surface area contributed by atoms with E-state index >= 15 is 0 Å². The van der Waals surface area contributed by atoms with E-state index in [9.17, 15) is 22.8 Å². The molecule has 2 rings (SSSR count). The number of alkyl halides is 3. The van der Waals surface area contributed by atoms with E-state index in [2.05, 4.69) is 15.3 Å². The molecule has 0 atom stereocenters. The topological polar surface area (TPSA) is 84.4 Å². The Morgan fingerprint density at radius 2 is 1.77 bits per heavy atom. The lowest BCUT2D eigenvalue weighted by molar-refractivity contribution is -0.145. The van der Waals surface area contributed by atoms with Crippen LogP contribution in [0.3, 0.4) is 0 Å². The summed E-state index contributed by atoms with van der Waals surface area (Å²) in [5.74, 6) is -1.03. The number of nitrogens with one attached hydrogen (secondary N) is 1. The van der Waals surface area contributed by atoms with Gasteiger partial charge in [0.05, 0.1) is 5.56 Å². The molecule has 138 valence electrons. The third-order valence-corrected chi connectivity index (χ3v) is 3.12. The highest BCUT2D eigenvalue weighted by Gasteiger charge is 2.30. The maximum Gasteiger partial charge on any atom is 0.416 e. The van der Waals surface area contributed by atoms with Crippen LogP contribution in [0.1, 0.15) is 5.56 Å². The highest BCUT2D eigenvalue weighted by molar-refractivity contribution is 5.93. The normalized spacial score (nSPS) is 10.9. The van der Waals surface area contributed by atoms with Gasteiger partial charge in [-0.15, -0.1) is 0 Å². The Hall–Kier alpha value is -3.17. The fourth-order valence-corrected chi connectivity index (χ4v) is 1.88. The Morgan fingerprint density at radius 3 is 2.35 bits per heavy atom. The van der Waals surface area contributed by atoms with Gasteiger partial charge < -0.3 is 15.0 Å². The summed E-state index contributed by atoms with van der Waals surface area (Å²) in [7, 11) is 1.58. The van der Waals surface area contributed by atoms with Crippen molar-refractivity contribution in [1.29, 1.82) is 0 Å². The summed E-state index contributed by atoms with van der Waals surface area (Å²) in [4.78, 5) is 32.8. The number of esters is 1. The van der Waals surface area contributed by atoms with Gasteiger partial charge in [-0.3, -0.25) is 9.59 Å². The van der Waals surface area contributed by atoms with Crippen LogP contribution in [0.4, 0.5) is 24.8 Å². The van der Waals surface area contributed by atoms with Gasteiger partial charge in [-0.2, -0.15) is 13.2 Å². The molecule has 2 aromatic rings. The molecule has 1 heterocycles. The van der Waals surface area contributed by atoms with E-state index in [4.69, 9.17) is 4.74 Å². The van der Waals surface area contributed by atoms with E-state index in [1.165, 1.54) is 17.3 Å². The molecule has 0 spiro atoms. The van der Waals surface area contributed by atoms with Crippen LogP contribution >= 0.6 is 0 Å². The molecule has 1 amide bonds. The zero-order chi connectivity index (χ0) is 19.2. The van der Waals surface area contributed by atoms with Crippen molar-refractivity contribution in [3.05, 3.63) is 48.3 Å². The molecule has 1 aromatic heterocycles. The van der Waals surface area contributed by atoms with Gasteiger partial charge in [0.25, 0.3) is 5.91 Å². The standard InChI is InChI=1S/C16H15F3N4O3/c1-23(15-20-7-2-8-21-15)9-14(25)26-10-13(24)22-12-5-3-11(4-6-12)16(17,18)19/h2-8H,9-10H2,1H3,(H,22,24). The Kier molecular flexibility index (Phi) is 6.10. The van der Waals surface area contributed by atoms with Gasteiger partial charge in [-0.25, -0.2) is 9.97 Å². The van der Waals surface area contributed by atoms with Gasteiger partial charge in [0, 0.05) is 25.1 Å². The molecule has 1 N–H and O–H groups in total. The molecule has 0 fully saturated rings. The minimum Gasteiger partial charge on any atom is -0.454 e. The minimum absolute atomic E-state index is 0.161. The maximum atomic E-state index is 12.5. The SMILES string of the molecule is CN(CC(=O)OCC(=O)Nc1ccc(C(F)(F)F)cc1)c1ncccn1. The fraction of sp³-hybridized carbons (Fsp3) is 0.250. The third-order valence-electron chi connectivity index (χ3n) is 3.12. The second kappa shape index (κ2) is 8.28. The lowest BCUT2D eigenvalue weighted by Crippen LogP contribution is -2.30. The van der Waals surface area contributed by atoms with E-state index in [0.717, 1.165) is 24.3 Å². The predicted octanol–water partition coefficient (Wildman–Crippen LogP) is 2.11. The van der Waals surface area contributed by atoms with Crippen LogP contribution in [0, 0.1) is 0 Å². The molecule has 7 nitrogen and oxygen atoms in total. The molecule has 1 aromatic carbocycles. The number of anilines is 2. The molecule has 0 saturated heterocycles. The van der Waals surface area contributed by atoms with E-state index in [0.29, 0.717) is 5.95 Å². The molecule has 10 heteroatoms. The van der Waals surface area contributed by atoms with Crippen molar-refractivity contribution in [1.82, 2.24) is 9.97 Å². The van der Waals surface area contributed by atoms with Crippen molar-refractivity contribution in [2.75, 3.05) is 30.4 Å². The smallest absolute Gasteiger partial charge is 0.416 e. The minimum atomic E-state index is -4.45. The predicted molar refractivity (Wildman–Crippen MR) is 86.3 cm³/mol. The van der Waals surface area contributed by atoms with Crippen molar-refractivity contribution in [2.45, 2.75) is 6.18 Å². The number of ether oxygens (including phenoxy) is 1. The largest absolute Gasteiger partial charge is 0.454 e. The van der Waals surface area contributed by atoms with Gasteiger partial charge in [0.15, 0.2) is 6.61 Å². The van der Waals surface area contributed by atoms with Crippen molar-refractivity contribution < 1.29 is 27.5 Å². The second-order valence-corrected chi connectivity index (χ2v) is 5.19. The van der Waals surface area contributed by atoms with Gasteiger partial charge >= 0.3 is 12.1 Å². The molecule has 0 radical (unpaired) electrons. The molecule has 0 unspecified atom stereocenters. The lowest BCUT2D eigenvalue weighted by Gasteiger charge is -2.15. The van der Waals surface area contributed by atoms with Gasteiger partial charge in [0.1, 0.15) is 6.54 Å². The van der Waals surface area contributed by atoms with E-state index < -0.39 is 30.2 Å². The van der Waals surface area contributed by atoms with Crippen LogP contribution in [0.25, 0.3) is 0 Å². The summed E-state index contributed by atoms with van der Waals surface area (Å²) in [5, 5.41) is 2.34. The Labute approximate surface area is 146 Å². The number of hydrogen-bond acceptors (Lipinski definition) is 6. The van der Waals surface area contributed by atoms with Crippen LogP contribution in [0.15, 0.2) is 42.7 Å². The van der Waals surface area contributed by atoms with Crippen LogP contribution in [-0.4, -0.2) is 42.0 Å². The fourth-order valence-electron chi connectivity index (χ4n) is 1.88. The summed E-state index contributed by atoms with van der Waals surface area (Å²) < 4.78 is 42.2. The van der Waals surface area contributed by atoms with Crippen LogP contribution in [0.5, 0.6) is 0 Å². The first-order valence-corrected chi connectivity index (χ1v) is 7.36. The highest BCUT2D eigenvalue weighted by Crippen LogP contribution is 2.29. The summed E-state index contributed by atoms with van der Waals surface area (Å²) in [6, 6.07) is 5.54. The molecule has 0 aliphatic rings. The number of benzene rings is 1. The second-order valence-electron chi connectivity index (χ2n) is 5.19. The number of carbonyl (C=O) groups excluding carboxylic acids is 2. The van der Waals surface area contributed by atoms with E-state index in [-0.39, 0.29) is 12.2 Å². The first kappa shape index (κ1) is 19.2. The monoisotopic (exact) mass is 368 g/mol. The molecule has 0 saturated carbocycles. The number of nitrogens with zero attached hydrogens (tertiary/aromatic N) is 3. The third kappa shape index (κ3) is 5.72. The molecular weight excluding hydrogens is 353 g/mol. The number of rotatable bonds is 6. The van der Waals surface area contributed by atoms with E-state index in [1.807, 2.05) is 0 Å². The van der Waals surface area contributed by atoms with Gasteiger partial charge in [-0.05, 0) is 30.3 Å². The molecular formula is C16H15F3N4O3. The number of halogens is 3. The van der Waals surface area contributed by atoms with Crippen LogP contribution in [-0.2, 0) is 20.5 Å². The first-order chi connectivity index (χ1) is 12.3. The number of carbonyl (C=O) groups is 2. The number of aromatic nitrogens is 2. The molecule has 0 bridgehead atoms. The van der Waals surface area contributed by atoms with Crippen molar-refractivity contribution in [3.63, 3.8) is 0 Å². The van der Waals surface area contributed by atoms with E-state index in [1.54, 1.807) is 13.1 Å². The average Bonchev–Trinajstić information content (AvgIpc) is 2.60. The summed E-state index contributed by atoms with van der Waals surface area (Å²) in [6.07, 6.45) is -1.42. The maximum absolute atomic E-state index is 12.5. The van der Waals surface area contributed by atoms with Crippen molar-refractivity contribution >= 4 is 23.5 Å². The van der Waals surface area contributed by atoms with Gasteiger partial charge in [0.2, 0.25) is 5.95 Å². The van der Waals surface area contributed by atoms with Gasteiger partial charge in [-0.1, -0.05) is 0 Å². The quantitative estimate of drug-likeness (QED) is 0.787. The lowest BCUT2D eigenvalue weighted by atomic mass is 10.2.